The maximum atomic E-state index is 12.2. The number of ketones is 2. The summed E-state index contributed by atoms with van der Waals surface area (Å²) in [5.41, 5.74) is 0.619. The van der Waals surface area contributed by atoms with Gasteiger partial charge in [0.2, 0.25) is 0 Å². The first-order valence-corrected chi connectivity index (χ1v) is 8.24. The summed E-state index contributed by atoms with van der Waals surface area (Å²) >= 11 is 12.4. The molecule has 0 amide bonds. The predicted octanol–water partition coefficient (Wildman–Crippen LogP) is 3.03. The standard InChI is InChI=1S/C17H15Cl2NO5/c1-8(21)14-15(9(2)22)17(24-16(14,3)23)7-12(20-25-17)13-10(18)5-4-6-11(13)19/h4-6,23H,7H2,1-3H3/t16-,17-/m0/s1. The molecule has 0 fully saturated rings. The molecule has 132 valence electrons. The molecule has 25 heavy (non-hydrogen) atoms. The number of oxime groups is 1. The minimum Gasteiger partial charge on any atom is -0.362 e. The van der Waals surface area contributed by atoms with Crippen molar-refractivity contribution in [1.82, 2.24) is 0 Å². The molecule has 1 spiro atoms. The maximum absolute atomic E-state index is 12.2. The van der Waals surface area contributed by atoms with Crippen LogP contribution in [0.4, 0.5) is 0 Å². The zero-order valence-electron chi connectivity index (χ0n) is 13.7. The van der Waals surface area contributed by atoms with Crippen LogP contribution in [-0.2, 0) is 19.2 Å². The summed E-state index contributed by atoms with van der Waals surface area (Å²) in [5.74, 6) is -4.60. The molecule has 0 aliphatic carbocycles. The molecular formula is C17H15Cl2NO5. The quantitative estimate of drug-likeness (QED) is 0.866. The number of aliphatic hydroxyl groups is 1. The van der Waals surface area contributed by atoms with Crippen molar-refractivity contribution in [3.8, 4) is 0 Å². The first-order chi connectivity index (χ1) is 11.6. The number of nitrogens with zero attached hydrogens (tertiary/aromatic N) is 1. The van der Waals surface area contributed by atoms with E-state index in [9.17, 15) is 14.7 Å². The predicted molar refractivity (Wildman–Crippen MR) is 91.5 cm³/mol. The third-order valence-electron chi connectivity index (χ3n) is 4.12. The van der Waals surface area contributed by atoms with Gasteiger partial charge >= 0.3 is 0 Å². The smallest absolute Gasteiger partial charge is 0.275 e. The second kappa shape index (κ2) is 5.92. The Labute approximate surface area is 154 Å². The Morgan fingerprint density at radius 2 is 1.72 bits per heavy atom. The number of halogens is 2. The fourth-order valence-corrected chi connectivity index (χ4v) is 3.92. The highest BCUT2D eigenvalue weighted by Gasteiger charge is 2.60. The Morgan fingerprint density at radius 3 is 2.24 bits per heavy atom. The summed E-state index contributed by atoms with van der Waals surface area (Å²) in [6.07, 6.45) is -0.0295. The summed E-state index contributed by atoms with van der Waals surface area (Å²) in [4.78, 5) is 29.6. The highest BCUT2D eigenvalue weighted by atomic mass is 35.5. The van der Waals surface area contributed by atoms with Crippen molar-refractivity contribution in [3.63, 3.8) is 0 Å². The van der Waals surface area contributed by atoms with Crippen LogP contribution in [0.3, 0.4) is 0 Å². The van der Waals surface area contributed by atoms with Gasteiger partial charge in [0, 0.05) is 5.56 Å². The molecular weight excluding hydrogens is 369 g/mol. The van der Waals surface area contributed by atoms with Crippen LogP contribution in [0.25, 0.3) is 0 Å². The molecule has 2 aliphatic heterocycles. The molecule has 2 heterocycles. The molecule has 0 saturated heterocycles. The molecule has 0 aromatic heterocycles. The molecule has 1 aromatic rings. The summed E-state index contributed by atoms with van der Waals surface area (Å²) in [5, 5.41) is 15.2. The Morgan fingerprint density at radius 1 is 1.16 bits per heavy atom. The largest absolute Gasteiger partial charge is 0.362 e. The van der Waals surface area contributed by atoms with E-state index in [0.29, 0.717) is 21.3 Å². The van der Waals surface area contributed by atoms with Crippen LogP contribution in [-0.4, -0.2) is 34.0 Å². The second-order valence-corrected chi connectivity index (χ2v) is 6.92. The minimum atomic E-state index is -1.97. The van der Waals surface area contributed by atoms with Crippen LogP contribution in [0.15, 0.2) is 34.5 Å². The summed E-state index contributed by atoms with van der Waals surface area (Å²) in [6.45, 7) is 3.80. The molecule has 0 bridgehead atoms. The number of Topliss-reactive ketones (excluding diaryl/α,β-unsaturated/α-hetero) is 2. The van der Waals surface area contributed by atoms with E-state index in [2.05, 4.69) is 5.16 Å². The van der Waals surface area contributed by atoms with Gasteiger partial charge in [-0.15, -0.1) is 0 Å². The molecule has 1 aromatic carbocycles. The van der Waals surface area contributed by atoms with Gasteiger partial charge in [-0.1, -0.05) is 34.4 Å². The lowest BCUT2D eigenvalue weighted by Crippen LogP contribution is -2.39. The van der Waals surface area contributed by atoms with Crippen molar-refractivity contribution in [2.75, 3.05) is 0 Å². The summed E-state index contributed by atoms with van der Waals surface area (Å²) in [7, 11) is 0. The van der Waals surface area contributed by atoms with Crippen LogP contribution in [0.1, 0.15) is 32.8 Å². The van der Waals surface area contributed by atoms with E-state index in [0.717, 1.165) is 0 Å². The van der Waals surface area contributed by atoms with Gasteiger partial charge < -0.3 is 9.94 Å². The Hall–Kier alpha value is -1.73. The first kappa shape index (κ1) is 18.1. The van der Waals surface area contributed by atoms with E-state index >= 15 is 0 Å². The fraction of sp³-hybridized carbons (Fsp3) is 0.353. The first-order valence-electron chi connectivity index (χ1n) is 7.48. The second-order valence-electron chi connectivity index (χ2n) is 6.10. The van der Waals surface area contributed by atoms with Crippen LogP contribution in [0, 0.1) is 0 Å². The summed E-state index contributed by atoms with van der Waals surface area (Å²) < 4.78 is 5.59. The number of carbonyl (C=O) groups excluding carboxylic acids is 2. The number of hydrogen-bond donors (Lipinski definition) is 1. The molecule has 3 rings (SSSR count). The third kappa shape index (κ3) is 2.79. The normalized spacial score (nSPS) is 28.3. The lowest BCUT2D eigenvalue weighted by molar-refractivity contribution is -0.281. The van der Waals surface area contributed by atoms with Gasteiger partial charge in [0.05, 0.1) is 33.3 Å². The molecule has 2 aliphatic rings. The van der Waals surface area contributed by atoms with Gasteiger partial charge in [0.1, 0.15) is 0 Å². The average molecular weight is 384 g/mol. The Kier molecular flexibility index (Phi) is 4.28. The van der Waals surface area contributed by atoms with E-state index in [1.165, 1.54) is 20.8 Å². The van der Waals surface area contributed by atoms with Gasteiger partial charge in [-0.2, -0.15) is 0 Å². The van der Waals surface area contributed by atoms with Crippen molar-refractivity contribution in [3.05, 3.63) is 45.0 Å². The zero-order valence-corrected chi connectivity index (χ0v) is 15.2. The highest BCUT2D eigenvalue weighted by Crippen LogP contribution is 2.48. The molecule has 0 radical (unpaired) electrons. The van der Waals surface area contributed by atoms with E-state index < -0.39 is 23.1 Å². The molecule has 2 atom stereocenters. The molecule has 8 heteroatoms. The van der Waals surface area contributed by atoms with Crippen molar-refractivity contribution >= 4 is 40.5 Å². The van der Waals surface area contributed by atoms with Crippen LogP contribution >= 0.6 is 23.2 Å². The topological polar surface area (TPSA) is 85.2 Å². The average Bonchev–Trinajstić information content (AvgIpc) is 2.97. The monoisotopic (exact) mass is 383 g/mol. The van der Waals surface area contributed by atoms with Gasteiger partial charge in [-0.25, -0.2) is 0 Å². The lowest BCUT2D eigenvalue weighted by Gasteiger charge is -2.26. The van der Waals surface area contributed by atoms with E-state index in [-0.39, 0.29) is 17.6 Å². The van der Waals surface area contributed by atoms with Crippen molar-refractivity contribution in [2.24, 2.45) is 5.16 Å². The van der Waals surface area contributed by atoms with Gasteiger partial charge in [-0.3, -0.25) is 14.3 Å². The highest BCUT2D eigenvalue weighted by molar-refractivity contribution is 6.40. The van der Waals surface area contributed by atoms with Crippen LogP contribution in [0.5, 0.6) is 0 Å². The fourth-order valence-electron chi connectivity index (χ4n) is 3.30. The van der Waals surface area contributed by atoms with E-state index in [1.54, 1.807) is 18.2 Å². The van der Waals surface area contributed by atoms with E-state index in [4.69, 9.17) is 32.8 Å². The Bertz CT molecular complexity index is 838. The van der Waals surface area contributed by atoms with E-state index in [1.807, 2.05) is 0 Å². The minimum absolute atomic E-state index is 0.0295. The molecule has 1 N–H and O–H groups in total. The van der Waals surface area contributed by atoms with Crippen molar-refractivity contribution in [2.45, 2.75) is 38.8 Å². The van der Waals surface area contributed by atoms with Crippen LogP contribution in [0.2, 0.25) is 10.0 Å². The van der Waals surface area contributed by atoms with Gasteiger partial charge in [0.15, 0.2) is 17.4 Å². The Balaban J connectivity index is 2.09. The summed E-state index contributed by atoms with van der Waals surface area (Å²) in [6, 6.07) is 4.97. The van der Waals surface area contributed by atoms with Crippen LogP contribution < -0.4 is 0 Å². The number of benzene rings is 1. The van der Waals surface area contributed by atoms with Gasteiger partial charge in [-0.05, 0) is 32.9 Å². The van der Waals surface area contributed by atoms with Crippen molar-refractivity contribution in [1.29, 1.82) is 0 Å². The lowest BCUT2D eigenvalue weighted by atomic mass is 9.90. The maximum Gasteiger partial charge on any atom is 0.275 e. The molecule has 0 saturated carbocycles. The number of hydrogen-bond acceptors (Lipinski definition) is 6. The SMILES string of the molecule is CC(=O)C1=C(C(C)=O)[C@@](C)(O)O[C@]12CC(c1c(Cl)cccc1Cl)=NO2. The van der Waals surface area contributed by atoms with Crippen molar-refractivity contribution < 1.29 is 24.3 Å². The number of carbonyl (C=O) groups is 2. The van der Waals surface area contributed by atoms with Gasteiger partial charge in [0.25, 0.3) is 5.79 Å². The zero-order chi connectivity index (χ0) is 18.6. The number of rotatable bonds is 3. The molecule has 6 nitrogen and oxygen atoms in total. The third-order valence-corrected chi connectivity index (χ3v) is 4.75. The number of ether oxygens (including phenoxy) is 1. The molecule has 0 unspecified atom stereocenters.